The van der Waals surface area contributed by atoms with E-state index >= 15 is 0 Å². The van der Waals surface area contributed by atoms with Gasteiger partial charge in [-0.3, -0.25) is 4.90 Å². The molecule has 0 radical (unpaired) electrons. The zero-order chi connectivity index (χ0) is 17.6. The maximum atomic E-state index is 12.7. The topological polar surface area (TPSA) is 53.7 Å². The smallest absolute Gasteiger partial charge is 0.372 e. The van der Waals surface area contributed by atoms with Gasteiger partial charge in [-0.25, -0.2) is 13.6 Å². The van der Waals surface area contributed by atoms with E-state index < -0.39 is 12.4 Å². The Balaban J connectivity index is 1.60. The highest BCUT2D eigenvalue weighted by Crippen LogP contribution is 2.42. The fraction of sp³-hybridized carbons (Fsp3) is 0.526. The van der Waals surface area contributed by atoms with Crippen molar-refractivity contribution in [1.29, 1.82) is 0 Å². The Morgan fingerprint density at radius 1 is 1.24 bits per heavy atom. The molecule has 2 aliphatic heterocycles. The third kappa shape index (κ3) is 3.03. The van der Waals surface area contributed by atoms with E-state index in [9.17, 15) is 18.7 Å². The first-order chi connectivity index (χ1) is 12.0. The molecule has 0 aliphatic carbocycles. The number of para-hydroxylation sites is 1. The van der Waals surface area contributed by atoms with Gasteiger partial charge in [0, 0.05) is 36.0 Å². The van der Waals surface area contributed by atoms with E-state index in [1.54, 1.807) is 6.07 Å². The van der Waals surface area contributed by atoms with Crippen LogP contribution in [0.5, 0.6) is 0 Å². The number of nitrogens with zero attached hydrogens (tertiary/aromatic N) is 1. The van der Waals surface area contributed by atoms with Crippen LogP contribution >= 0.6 is 0 Å². The Morgan fingerprint density at radius 3 is 2.56 bits per heavy atom. The van der Waals surface area contributed by atoms with Crippen molar-refractivity contribution >= 4 is 16.9 Å². The molecule has 2 bridgehead atoms. The summed E-state index contributed by atoms with van der Waals surface area (Å²) in [6.45, 7) is 0.509. The molecule has 2 saturated heterocycles. The number of hydrogen-bond donors (Lipinski definition) is 1. The van der Waals surface area contributed by atoms with Crippen molar-refractivity contribution in [1.82, 2.24) is 4.90 Å². The van der Waals surface area contributed by atoms with E-state index in [4.69, 9.17) is 4.42 Å². The van der Waals surface area contributed by atoms with Crippen LogP contribution < -0.4 is 0 Å². The molecule has 1 aromatic carbocycles. The van der Waals surface area contributed by atoms with Crippen molar-refractivity contribution in [3.05, 3.63) is 35.6 Å². The molecule has 2 fully saturated rings. The van der Waals surface area contributed by atoms with Gasteiger partial charge in [0.2, 0.25) is 12.2 Å². The second-order valence-electron chi connectivity index (χ2n) is 7.23. The van der Waals surface area contributed by atoms with Gasteiger partial charge in [-0.05, 0) is 37.7 Å². The number of carboxylic acid groups (broad SMARTS) is 1. The molecule has 2 atom stereocenters. The molecular weight excluding hydrogens is 328 g/mol. The minimum absolute atomic E-state index is 0.00435. The highest BCUT2D eigenvalue weighted by molar-refractivity contribution is 5.95. The lowest BCUT2D eigenvalue weighted by Crippen LogP contribution is -2.42. The van der Waals surface area contributed by atoms with Gasteiger partial charge in [-0.15, -0.1) is 0 Å². The maximum Gasteiger partial charge on any atom is 0.372 e. The Labute approximate surface area is 144 Å². The normalized spacial score (nSPS) is 26.6. The number of furan rings is 1. The van der Waals surface area contributed by atoms with Crippen LogP contribution in [0.1, 0.15) is 48.2 Å². The van der Waals surface area contributed by atoms with Crippen molar-refractivity contribution in [2.24, 2.45) is 5.92 Å². The van der Waals surface area contributed by atoms with Gasteiger partial charge in [0.15, 0.2) is 0 Å². The summed E-state index contributed by atoms with van der Waals surface area (Å²) in [6, 6.07) is 7.87. The average Bonchev–Trinajstić information content (AvgIpc) is 3.03. The number of carboxylic acids is 1. The predicted octanol–water partition coefficient (Wildman–Crippen LogP) is 4.53. The van der Waals surface area contributed by atoms with E-state index in [-0.39, 0.29) is 30.2 Å². The molecule has 25 heavy (non-hydrogen) atoms. The first kappa shape index (κ1) is 16.5. The van der Waals surface area contributed by atoms with E-state index in [0.717, 1.165) is 31.1 Å². The van der Waals surface area contributed by atoms with Crippen LogP contribution in [0.3, 0.4) is 0 Å². The molecule has 1 aromatic heterocycles. The molecule has 0 spiro atoms. The van der Waals surface area contributed by atoms with Crippen molar-refractivity contribution in [2.45, 2.75) is 57.2 Å². The largest absolute Gasteiger partial charge is 0.475 e. The zero-order valence-electron chi connectivity index (χ0n) is 13.8. The molecule has 3 heterocycles. The van der Waals surface area contributed by atoms with Crippen LogP contribution in [-0.2, 0) is 6.54 Å². The highest BCUT2D eigenvalue weighted by atomic mass is 19.3. The molecule has 4 rings (SSSR count). The molecule has 1 N–H and O–H groups in total. The quantitative estimate of drug-likeness (QED) is 0.862. The Hall–Kier alpha value is -1.95. The molecule has 2 aliphatic rings. The number of benzene rings is 1. The minimum Gasteiger partial charge on any atom is -0.475 e. The third-order valence-corrected chi connectivity index (χ3v) is 5.73. The monoisotopic (exact) mass is 349 g/mol. The van der Waals surface area contributed by atoms with Gasteiger partial charge in [0.25, 0.3) is 0 Å². The van der Waals surface area contributed by atoms with Crippen LogP contribution in [0, 0.1) is 5.92 Å². The van der Waals surface area contributed by atoms with Gasteiger partial charge >= 0.3 is 5.97 Å². The van der Waals surface area contributed by atoms with Crippen molar-refractivity contribution in [3.8, 4) is 0 Å². The van der Waals surface area contributed by atoms with Crippen LogP contribution in [0.15, 0.2) is 28.7 Å². The zero-order valence-corrected chi connectivity index (χ0v) is 13.8. The highest BCUT2D eigenvalue weighted by Gasteiger charge is 2.42. The van der Waals surface area contributed by atoms with Gasteiger partial charge in [-0.2, -0.15) is 0 Å². The summed E-state index contributed by atoms with van der Waals surface area (Å²) in [7, 11) is 0. The van der Waals surface area contributed by atoms with Gasteiger partial charge in [0.05, 0.1) is 0 Å². The number of piperidine rings is 1. The fourth-order valence-corrected chi connectivity index (χ4v) is 4.70. The molecule has 2 aromatic rings. The van der Waals surface area contributed by atoms with Crippen LogP contribution in [-0.4, -0.2) is 34.5 Å². The summed E-state index contributed by atoms with van der Waals surface area (Å²) in [6.07, 6.45) is 1.30. The number of rotatable bonds is 5. The summed E-state index contributed by atoms with van der Waals surface area (Å²) in [5.74, 6) is -0.991. The van der Waals surface area contributed by atoms with Gasteiger partial charge in [0.1, 0.15) is 5.58 Å². The van der Waals surface area contributed by atoms with Gasteiger partial charge < -0.3 is 9.52 Å². The summed E-state index contributed by atoms with van der Waals surface area (Å²) in [5.41, 5.74) is 1.28. The SMILES string of the molecule is O=C(O)c1oc2ccccc2c1CN1C2CCC1CC(CC(F)F)C2. The molecule has 6 heteroatoms. The molecule has 4 nitrogen and oxygen atoms in total. The fourth-order valence-electron chi connectivity index (χ4n) is 4.70. The molecule has 134 valence electrons. The van der Waals surface area contributed by atoms with Crippen molar-refractivity contribution < 1.29 is 23.1 Å². The number of halogens is 2. The van der Waals surface area contributed by atoms with Gasteiger partial charge in [-0.1, -0.05) is 18.2 Å². The second kappa shape index (κ2) is 6.41. The minimum atomic E-state index is -2.24. The molecule has 0 saturated carbocycles. The lowest BCUT2D eigenvalue weighted by atomic mass is 9.88. The lowest BCUT2D eigenvalue weighted by Gasteiger charge is -2.39. The second-order valence-corrected chi connectivity index (χ2v) is 7.23. The van der Waals surface area contributed by atoms with E-state index in [2.05, 4.69) is 4.90 Å². The van der Waals surface area contributed by atoms with Crippen LogP contribution in [0.4, 0.5) is 8.78 Å². The summed E-state index contributed by atoms with van der Waals surface area (Å²) < 4.78 is 31.0. The molecule has 2 unspecified atom stereocenters. The number of carbonyl (C=O) groups is 1. The third-order valence-electron chi connectivity index (χ3n) is 5.73. The Kier molecular flexibility index (Phi) is 4.23. The van der Waals surface area contributed by atoms with Crippen LogP contribution in [0.25, 0.3) is 11.0 Å². The summed E-state index contributed by atoms with van der Waals surface area (Å²) >= 11 is 0. The molecular formula is C19H21F2NO3. The predicted molar refractivity (Wildman–Crippen MR) is 88.9 cm³/mol. The number of alkyl halides is 2. The Bertz CT molecular complexity index is 774. The van der Waals surface area contributed by atoms with E-state index in [0.29, 0.717) is 17.7 Å². The van der Waals surface area contributed by atoms with E-state index in [1.165, 1.54) is 0 Å². The summed E-state index contributed by atoms with van der Waals surface area (Å²) in [5, 5.41) is 10.3. The average molecular weight is 349 g/mol. The summed E-state index contributed by atoms with van der Waals surface area (Å²) in [4.78, 5) is 13.9. The Morgan fingerprint density at radius 2 is 1.92 bits per heavy atom. The number of aromatic carboxylic acids is 1. The lowest BCUT2D eigenvalue weighted by molar-refractivity contribution is 0.0509. The number of fused-ring (bicyclic) bond motifs is 3. The van der Waals surface area contributed by atoms with Crippen molar-refractivity contribution in [2.75, 3.05) is 0 Å². The first-order valence-electron chi connectivity index (χ1n) is 8.80. The standard InChI is InChI=1S/C19H21F2NO3/c20-17(21)9-11-7-12-5-6-13(8-11)22(12)10-15-14-3-1-2-4-16(14)25-18(15)19(23)24/h1-4,11-13,17H,5-10H2,(H,23,24). The van der Waals surface area contributed by atoms with E-state index in [1.807, 2.05) is 18.2 Å². The number of hydrogen-bond acceptors (Lipinski definition) is 3. The molecule has 0 amide bonds. The maximum absolute atomic E-state index is 12.7. The van der Waals surface area contributed by atoms with Crippen molar-refractivity contribution in [3.63, 3.8) is 0 Å². The first-order valence-corrected chi connectivity index (χ1v) is 8.80. The van der Waals surface area contributed by atoms with Crippen LogP contribution in [0.2, 0.25) is 0 Å².